The fraction of sp³-hybridized carbons (Fsp3) is 0.214. The SMILES string of the molecule is Cc1cc(C(=O)Nc2ccccc2CO)c(C)s1. The van der Waals surface area contributed by atoms with Crippen LogP contribution in [0, 0.1) is 13.8 Å². The molecular formula is C14H15NO2S. The fourth-order valence-electron chi connectivity index (χ4n) is 1.83. The van der Waals surface area contributed by atoms with Crippen molar-refractivity contribution in [1.82, 2.24) is 0 Å². The quantitative estimate of drug-likeness (QED) is 0.892. The lowest BCUT2D eigenvalue weighted by molar-refractivity contribution is 0.102. The van der Waals surface area contributed by atoms with E-state index < -0.39 is 0 Å². The maximum atomic E-state index is 12.1. The number of amides is 1. The summed E-state index contributed by atoms with van der Waals surface area (Å²) >= 11 is 1.61. The van der Waals surface area contributed by atoms with E-state index in [-0.39, 0.29) is 12.5 Å². The van der Waals surface area contributed by atoms with Crippen LogP contribution in [0.2, 0.25) is 0 Å². The van der Waals surface area contributed by atoms with E-state index >= 15 is 0 Å². The van der Waals surface area contributed by atoms with Crippen molar-refractivity contribution < 1.29 is 9.90 Å². The van der Waals surface area contributed by atoms with E-state index in [1.54, 1.807) is 23.5 Å². The topological polar surface area (TPSA) is 49.3 Å². The van der Waals surface area contributed by atoms with Gasteiger partial charge < -0.3 is 10.4 Å². The van der Waals surface area contributed by atoms with E-state index in [4.69, 9.17) is 0 Å². The van der Waals surface area contributed by atoms with Crippen LogP contribution in [-0.2, 0) is 6.61 Å². The number of aryl methyl sites for hydroxylation is 2. The second-order valence-electron chi connectivity index (χ2n) is 4.10. The zero-order chi connectivity index (χ0) is 13.1. The molecule has 1 heterocycles. The maximum Gasteiger partial charge on any atom is 0.256 e. The molecular weight excluding hydrogens is 246 g/mol. The van der Waals surface area contributed by atoms with Crippen LogP contribution in [0.1, 0.15) is 25.7 Å². The number of aliphatic hydroxyl groups is 1. The van der Waals surface area contributed by atoms with Crippen molar-refractivity contribution in [2.45, 2.75) is 20.5 Å². The third-order valence-electron chi connectivity index (χ3n) is 2.72. The number of carbonyl (C=O) groups excluding carboxylic acids is 1. The molecule has 4 heteroatoms. The molecule has 0 fully saturated rings. The van der Waals surface area contributed by atoms with Crippen LogP contribution >= 0.6 is 11.3 Å². The van der Waals surface area contributed by atoms with E-state index in [1.807, 2.05) is 32.0 Å². The molecule has 2 N–H and O–H groups in total. The van der Waals surface area contributed by atoms with Gasteiger partial charge in [-0.1, -0.05) is 18.2 Å². The minimum atomic E-state index is -0.127. The van der Waals surface area contributed by atoms with Crippen LogP contribution in [0.5, 0.6) is 0 Å². The van der Waals surface area contributed by atoms with Gasteiger partial charge in [0.15, 0.2) is 0 Å². The average Bonchev–Trinajstić information content (AvgIpc) is 2.69. The number of para-hydroxylation sites is 1. The van der Waals surface area contributed by atoms with Gasteiger partial charge in [0, 0.05) is 21.0 Å². The van der Waals surface area contributed by atoms with Crippen molar-refractivity contribution >= 4 is 22.9 Å². The van der Waals surface area contributed by atoms with Gasteiger partial charge in [-0.25, -0.2) is 0 Å². The Balaban J connectivity index is 2.24. The molecule has 0 aliphatic rings. The highest BCUT2D eigenvalue weighted by Gasteiger charge is 2.13. The fourth-order valence-corrected chi connectivity index (χ4v) is 2.75. The third-order valence-corrected chi connectivity index (χ3v) is 3.69. The predicted octanol–water partition coefficient (Wildman–Crippen LogP) is 3.11. The van der Waals surface area contributed by atoms with E-state index in [9.17, 15) is 9.90 Å². The first-order valence-corrected chi connectivity index (χ1v) is 6.50. The van der Waals surface area contributed by atoms with Crippen LogP contribution in [0.4, 0.5) is 5.69 Å². The van der Waals surface area contributed by atoms with Gasteiger partial charge in [-0.3, -0.25) is 4.79 Å². The zero-order valence-electron chi connectivity index (χ0n) is 10.4. The van der Waals surface area contributed by atoms with Crippen LogP contribution in [0.15, 0.2) is 30.3 Å². The maximum absolute atomic E-state index is 12.1. The molecule has 0 aliphatic carbocycles. The molecule has 2 aromatic rings. The van der Waals surface area contributed by atoms with Gasteiger partial charge in [-0.05, 0) is 26.0 Å². The van der Waals surface area contributed by atoms with Gasteiger partial charge in [0.1, 0.15) is 0 Å². The summed E-state index contributed by atoms with van der Waals surface area (Å²) in [6.07, 6.45) is 0. The molecule has 3 nitrogen and oxygen atoms in total. The van der Waals surface area contributed by atoms with E-state index in [1.165, 1.54) is 0 Å². The predicted molar refractivity (Wildman–Crippen MR) is 74.1 cm³/mol. The number of thiophene rings is 1. The first-order valence-electron chi connectivity index (χ1n) is 5.69. The van der Waals surface area contributed by atoms with Crippen molar-refractivity contribution in [3.63, 3.8) is 0 Å². The van der Waals surface area contributed by atoms with Crippen LogP contribution in [0.3, 0.4) is 0 Å². The Morgan fingerprint density at radius 2 is 2.06 bits per heavy atom. The summed E-state index contributed by atoms with van der Waals surface area (Å²) in [4.78, 5) is 14.3. The monoisotopic (exact) mass is 261 g/mol. The molecule has 2 rings (SSSR count). The number of rotatable bonds is 3. The number of aliphatic hydroxyl groups excluding tert-OH is 1. The van der Waals surface area contributed by atoms with Crippen molar-refractivity contribution in [2.75, 3.05) is 5.32 Å². The minimum absolute atomic E-state index is 0.0852. The standard InChI is InChI=1S/C14H15NO2S/c1-9-7-12(10(2)18-9)14(17)15-13-6-4-3-5-11(13)8-16/h3-7,16H,8H2,1-2H3,(H,15,17). The summed E-state index contributed by atoms with van der Waals surface area (Å²) in [5.41, 5.74) is 2.08. The molecule has 0 saturated heterocycles. The lowest BCUT2D eigenvalue weighted by Gasteiger charge is -2.08. The number of hydrogen-bond acceptors (Lipinski definition) is 3. The molecule has 1 aromatic heterocycles. The summed E-state index contributed by atoms with van der Waals surface area (Å²) in [7, 11) is 0. The number of anilines is 1. The highest BCUT2D eigenvalue weighted by atomic mass is 32.1. The lowest BCUT2D eigenvalue weighted by Crippen LogP contribution is -2.13. The van der Waals surface area contributed by atoms with Crippen molar-refractivity contribution in [3.05, 3.63) is 51.2 Å². The molecule has 0 atom stereocenters. The van der Waals surface area contributed by atoms with Crippen molar-refractivity contribution in [1.29, 1.82) is 0 Å². The van der Waals surface area contributed by atoms with Gasteiger partial charge in [-0.2, -0.15) is 0 Å². The smallest absolute Gasteiger partial charge is 0.256 e. The molecule has 1 aromatic carbocycles. The molecule has 0 bridgehead atoms. The summed E-state index contributed by atoms with van der Waals surface area (Å²) < 4.78 is 0. The number of carbonyl (C=O) groups is 1. The van der Waals surface area contributed by atoms with Crippen molar-refractivity contribution in [2.24, 2.45) is 0 Å². The molecule has 0 saturated carbocycles. The number of nitrogens with one attached hydrogen (secondary N) is 1. The highest BCUT2D eigenvalue weighted by Crippen LogP contribution is 2.22. The Morgan fingerprint density at radius 3 is 2.67 bits per heavy atom. The van der Waals surface area contributed by atoms with Crippen LogP contribution < -0.4 is 5.32 Å². The normalized spacial score (nSPS) is 10.4. The van der Waals surface area contributed by atoms with Crippen LogP contribution in [0.25, 0.3) is 0 Å². The van der Waals surface area contributed by atoms with Gasteiger partial charge in [0.2, 0.25) is 0 Å². The first kappa shape index (κ1) is 12.8. The van der Waals surface area contributed by atoms with E-state index in [2.05, 4.69) is 5.32 Å². The molecule has 94 valence electrons. The Morgan fingerprint density at radius 1 is 1.33 bits per heavy atom. The van der Waals surface area contributed by atoms with Gasteiger partial charge in [0.05, 0.1) is 12.2 Å². The highest BCUT2D eigenvalue weighted by molar-refractivity contribution is 7.12. The van der Waals surface area contributed by atoms with Crippen molar-refractivity contribution in [3.8, 4) is 0 Å². The molecule has 0 radical (unpaired) electrons. The average molecular weight is 261 g/mol. The molecule has 0 spiro atoms. The Bertz CT molecular complexity index is 575. The summed E-state index contributed by atoms with van der Waals surface area (Å²) in [5.74, 6) is -0.127. The Kier molecular flexibility index (Phi) is 3.79. The Hall–Kier alpha value is -1.65. The first-order chi connectivity index (χ1) is 8.61. The summed E-state index contributed by atoms with van der Waals surface area (Å²) in [6, 6.07) is 9.14. The minimum Gasteiger partial charge on any atom is -0.392 e. The van der Waals surface area contributed by atoms with Crippen LogP contribution in [-0.4, -0.2) is 11.0 Å². The van der Waals surface area contributed by atoms with E-state index in [0.717, 1.165) is 15.3 Å². The largest absolute Gasteiger partial charge is 0.392 e. The number of hydrogen-bond donors (Lipinski definition) is 2. The molecule has 1 amide bonds. The van der Waals surface area contributed by atoms with Gasteiger partial charge in [0.25, 0.3) is 5.91 Å². The zero-order valence-corrected chi connectivity index (χ0v) is 11.2. The second kappa shape index (κ2) is 5.33. The molecule has 0 unspecified atom stereocenters. The molecule has 18 heavy (non-hydrogen) atoms. The molecule has 0 aliphatic heterocycles. The third kappa shape index (κ3) is 2.60. The summed E-state index contributed by atoms with van der Waals surface area (Å²) in [6.45, 7) is 3.83. The summed E-state index contributed by atoms with van der Waals surface area (Å²) in [5, 5.41) is 12.1. The number of benzene rings is 1. The van der Waals surface area contributed by atoms with E-state index in [0.29, 0.717) is 11.3 Å². The van der Waals surface area contributed by atoms with Gasteiger partial charge >= 0.3 is 0 Å². The Labute approximate surface area is 110 Å². The second-order valence-corrected chi connectivity index (χ2v) is 5.56. The lowest BCUT2D eigenvalue weighted by atomic mass is 10.1. The van der Waals surface area contributed by atoms with Gasteiger partial charge in [-0.15, -0.1) is 11.3 Å².